The molecule has 5 nitrogen and oxygen atoms in total. The van der Waals surface area contributed by atoms with Crippen molar-refractivity contribution in [3.63, 3.8) is 0 Å². The highest BCUT2D eigenvalue weighted by Gasteiger charge is 2.27. The van der Waals surface area contributed by atoms with Gasteiger partial charge in [0.05, 0.1) is 13.2 Å². The molecular weight excluding hydrogens is 304 g/mol. The molecule has 1 aromatic carbocycles. The van der Waals surface area contributed by atoms with Crippen molar-refractivity contribution in [2.45, 2.75) is 25.0 Å². The molecule has 1 aromatic rings. The van der Waals surface area contributed by atoms with E-state index in [2.05, 4.69) is 4.90 Å². The second kappa shape index (κ2) is 9.90. The van der Waals surface area contributed by atoms with Gasteiger partial charge in [-0.15, -0.1) is 12.4 Å². The number of nitrogens with two attached hydrogens (primary N) is 1. The van der Waals surface area contributed by atoms with Crippen LogP contribution < -0.4 is 15.2 Å². The first kappa shape index (κ1) is 19.0. The molecule has 2 unspecified atom stereocenters. The summed E-state index contributed by atoms with van der Waals surface area (Å²) in [7, 11) is 3.43. The molecule has 2 N–H and O–H groups in total. The molecule has 126 valence electrons. The third kappa shape index (κ3) is 5.02. The van der Waals surface area contributed by atoms with E-state index in [0.29, 0.717) is 25.3 Å². The van der Waals surface area contributed by atoms with Crippen molar-refractivity contribution in [1.29, 1.82) is 0 Å². The smallest absolute Gasteiger partial charge is 0.161 e. The molecule has 0 spiro atoms. The Kier molecular flexibility index (Phi) is 8.56. The maximum atomic E-state index is 5.88. The van der Waals surface area contributed by atoms with Crippen LogP contribution in [0.5, 0.6) is 11.5 Å². The molecule has 1 aliphatic rings. The zero-order valence-corrected chi connectivity index (χ0v) is 14.2. The van der Waals surface area contributed by atoms with Gasteiger partial charge in [-0.3, -0.25) is 4.90 Å². The summed E-state index contributed by atoms with van der Waals surface area (Å²) in [6.45, 7) is 3.18. The molecule has 1 heterocycles. The highest BCUT2D eigenvalue weighted by Crippen LogP contribution is 2.26. The third-order valence-corrected chi connectivity index (χ3v) is 4.10. The van der Waals surface area contributed by atoms with Crippen LogP contribution in [0.2, 0.25) is 0 Å². The van der Waals surface area contributed by atoms with Crippen molar-refractivity contribution in [2.24, 2.45) is 5.73 Å². The Morgan fingerprint density at radius 2 is 1.95 bits per heavy atom. The maximum absolute atomic E-state index is 5.88. The Morgan fingerprint density at radius 3 is 2.59 bits per heavy atom. The molecule has 0 bridgehead atoms. The second-order valence-corrected chi connectivity index (χ2v) is 5.31. The van der Waals surface area contributed by atoms with Crippen molar-refractivity contribution >= 4 is 12.4 Å². The molecule has 1 saturated heterocycles. The fraction of sp³-hybridized carbons (Fsp3) is 0.625. The zero-order valence-electron chi connectivity index (χ0n) is 13.4. The number of halogens is 1. The molecule has 0 aromatic heterocycles. The number of hydrogen-bond acceptors (Lipinski definition) is 5. The van der Waals surface area contributed by atoms with E-state index in [1.54, 1.807) is 14.2 Å². The lowest BCUT2D eigenvalue weighted by molar-refractivity contribution is 0.00914. The zero-order chi connectivity index (χ0) is 15.1. The van der Waals surface area contributed by atoms with Gasteiger partial charge >= 0.3 is 0 Å². The summed E-state index contributed by atoms with van der Waals surface area (Å²) in [5, 5.41) is 0. The van der Waals surface area contributed by atoms with E-state index in [1.165, 1.54) is 0 Å². The van der Waals surface area contributed by atoms with Crippen LogP contribution in [0.1, 0.15) is 12.8 Å². The minimum absolute atomic E-state index is 0. The molecular formula is C16H27ClN2O3. The number of benzene rings is 1. The predicted molar refractivity (Wildman–Crippen MR) is 90.2 cm³/mol. The van der Waals surface area contributed by atoms with Crippen LogP contribution in [-0.2, 0) is 4.74 Å². The Balaban J connectivity index is 0.00000242. The number of rotatable bonds is 7. The lowest BCUT2D eigenvalue weighted by Gasteiger charge is -2.38. The first-order valence-electron chi connectivity index (χ1n) is 7.51. The molecule has 1 aliphatic heterocycles. The molecule has 0 radical (unpaired) electrons. The van der Waals surface area contributed by atoms with E-state index in [-0.39, 0.29) is 12.4 Å². The SMILES string of the molecule is COc1ccccc1OCCN1CCC(OC)CC1CN.Cl. The summed E-state index contributed by atoms with van der Waals surface area (Å²) >= 11 is 0. The summed E-state index contributed by atoms with van der Waals surface area (Å²) < 4.78 is 16.6. The molecule has 0 amide bonds. The van der Waals surface area contributed by atoms with Gasteiger partial charge in [-0.25, -0.2) is 0 Å². The highest BCUT2D eigenvalue weighted by atomic mass is 35.5. The monoisotopic (exact) mass is 330 g/mol. The quantitative estimate of drug-likeness (QED) is 0.828. The fourth-order valence-corrected chi connectivity index (χ4v) is 2.83. The van der Waals surface area contributed by atoms with Gasteiger partial charge in [0.2, 0.25) is 0 Å². The lowest BCUT2D eigenvalue weighted by atomic mass is 9.99. The van der Waals surface area contributed by atoms with E-state index in [1.807, 2.05) is 24.3 Å². The number of hydrogen-bond donors (Lipinski definition) is 1. The molecule has 6 heteroatoms. The molecule has 1 fully saturated rings. The summed E-state index contributed by atoms with van der Waals surface area (Å²) in [6, 6.07) is 8.10. The van der Waals surface area contributed by atoms with Gasteiger partial charge in [0.15, 0.2) is 11.5 Å². The standard InChI is InChI=1S/C16H26N2O3.ClH/c1-19-14-7-8-18(13(11-14)12-17)9-10-21-16-6-4-3-5-15(16)20-2;/h3-6,13-14H,7-12,17H2,1-2H3;1H. The Morgan fingerprint density at radius 1 is 1.23 bits per heavy atom. The summed E-state index contributed by atoms with van der Waals surface area (Å²) in [6.07, 6.45) is 2.40. The van der Waals surface area contributed by atoms with Gasteiger partial charge in [-0.05, 0) is 25.0 Å². The average Bonchev–Trinajstić information content (AvgIpc) is 2.55. The van der Waals surface area contributed by atoms with Gasteiger partial charge in [-0.1, -0.05) is 12.1 Å². The number of para-hydroxylation sites is 2. The minimum Gasteiger partial charge on any atom is -0.493 e. The van der Waals surface area contributed by atoms with Crippen LogP contribution >= 0.6 is 12.4 Å². The number of piperidine rings is 1. The summed E-state index contributed by atoms with van der Waals surface area (Å²) in [4.78, 5) is 2.39. The average molecular weight is 331 g/mol. The molecule has 0 aliphatic carbocycles. The molecule has 2 rings (SSSR count). The van der Waals surface area contributed by atoms with Gasteiger partial charge in [0, 0.05) is 32.8 Å². The van der Waals surface area contributed by atoms with Gasteiger partial charge in [-0.2, -0.15) is 0 Å². The number of nitrogens with zero attached hydrogens (tertiary/aromatic N) is 1. The molecule has 22 heavy (non-hydrogen) atoms. The summed E-state index contributed by atoms with van der Waals surface area (Å²) in [5.41, 5.74) is 5.88. The van der Waals surface area contributed by atoms with Crippen molar-refractivity contribution in [2.75, 3.05) is 40.5 Å². The van der Waals surface area contributed by atoms with Crippen molar-refractivity contribution in [3.8, 4) is 11.5 Å². The molecule has 2 atom stereocenters. The van der Waals surface area contributed by atoms with E-state index >= 15 is 0 Å². The topological polar surface area (TPSA) is 57.0 Å². The van der Waals surface area contributed by atoms with E-state index in [9.17, 15) is 0 Å². The molecule has 0 saturated carbocycles. The Bertz CT molecular complexity index is 434. The van der Waals surface area contributed by atoms with Crippen LogP contribution in [0.15, 0.2) is 24.3 Å². The van der Waals surface area contributed by atoms with Gasteiger partial charge < -0.3 is 19.9 Å². The Hall–Kier alpha value is -1.01. The van der Waals surface area contributed by atoms with Crippen LogP contribution in [0.4, 0.5) is 0 Å². The Labute approximate surface area is 139 Å². The fourth-order valence-electron chi connectivity index (χ4n) is 2.83. The predicted octanol–water partition coefficient (Wildman–Crippen LogP) is 1.93. The van der Waals surface area contributed by atoms with Crippen molar-refractivity contribution in [3.05, 3.63) is 24.3 Å². The number of likely N-dealkylation sites (tertiary alicyclic amines) is 1. The first-order chi connectivity index (χ1) is 10.3. The highest BCUT2D eigenvalue weighted by molar-refractivity contribution is 5.85. The minimum atomic E-state index is 0. The number of ether oxygens (including phenoxy) is 3. The van der Waals surface area contributed by atoms with E-state index < -0.39 is 0 Å². The first-order valence-corrected chi connectivity index (χ1v) is 7.51. The van der Waals surface area contributed by atoms with Crippen molar-refractivity contribution < 1.29 is 14.2 Å². The lowest BCUT2D eigenvalue weighted by Crippen LogP contribution is -2.49. The van der Waals surface area contributed by atoms with Crippen LogP contribution in [0.3, 0.4) is 0 Å². The van der Waals surface area contributed by atoms with Crippen LogP contribution in [0.25, 0.3) is 0 Å². The van der Waals surface area contributed by atoms with Crippen molar-refractivity contribution in [1.82, 2.24) is 4.90 Å². The summed E-state index contributed by atoms with van der Waals surface area (Å²) in [5.74, 6) is 1.56. The largest absolute Gasteiger partial charge is 0.493 e. The normalized spacial score (nSPS) is 22.0. The maximum Gasteiger partial charge on any atom is 0.161 e. The van der Waals surface area contributed by atoms with E-state index in [0.717, 1.165) is 37.4 Å². The van der Waals surface area contributed by atoms with E-state index in [4.69, 9.17) is 19.9 Å². The van der Waals surface area contributed by atoms with Gasteiger partial charge in [0.25, 0.3) is 0 Å². The van der Waals surface area contributed by atoms with Crippen LogP contribution in [0, 0.1) is 0 Å². The third-order valence-electron chi connectivity index (χ3n) is 4.10. The second-order valence-electron chi connectivity index (χ2n) is 5.31. The number of methoxy groups -OCH3 is 2. The van der Waals surface area contributed by atoms with Crippen LogP contribution in [-0.4, -0.2) is 57.5 Å². The van der Waals surface area contributed by atoms with Gasteiger partial charge in [0.1, 0.15) is 6.61 Å².